The van der Waals surface area contributed by atoms with E-state index in [1.54, 1.807) is 11.8 Å². The lowest BCUT2D eigenvalue weighted by Crippen LogP contribution is -2.12. The normalized spacial score (nSPS) is 10.9. The molecular formula is C14H15F2N3OS. The molecule has 0 aliphatic carbocycles. The maximum Gasteiger partial charge on any atom is 0.252 e. The fourth-order valence-corrected chi connectivity index (χ4v) is 2.27. The molecule has 0 saturated carbocycles. The van der Waals surface area contributed by atoms with E-state index in [0.717, 1.165) is 18.2 Å². The SMILES string of the molecule is CC(C)SCc1cc(=O)[nH]c(Nc2cc(F)ccc2F)n1. The van der Waals surface area contributed by atoms with Crippen LogP contribution in [0.4, 0.5) is 20.4 Å². The summed E-state index contributed by atoms with van der Waals surface area (Å²) >= 11 is 1.64. The number of aromatic nitrogens is 2. The summed E-state index contributed by atoms with van der Waals surface area (Å²) < 4.78 is 26.7. The number of nitrogens with one attached hydrogen (secondary N) is 2. The van der Waals surface area contributed by atoms with Crippen molar-refractivity contribution in [2.75, 3.05) is 5.32 Å². The third-order valence-electron chi connectivity index (χ3n) is 2.54. The molecule has 112 valence electrons. The average Bonchev–Trinajstić information content (AvgIpc) is 2.40. The van der Waals surface area contributed by atoms with E-state index in [-0.39, 0.29) is 17.2 Å². The maximum atomic E-state index is 13.6. The molecule has 2 N–H and O–H groups in total. The molecule has 0 spiro atoms. The number of aromatic amines is 1. The van der Waals surface area contributed by atoms with Gasteiger partial charge in [0.1, 0.15) is 11.6 Å². The minimum atomic E-state index is -0.624. The smallest absolute Gasteiger partial charge is 0.252 e. The molecule has 7 heteroatoms. The molecule has 0 aliphatic rings. The van der Waals surface area contributed by atoms with E-state index in [1.807, 2.05) is 13.8 Å². The van der Waals surface area contributed by atoms with Crippen molar-refractivity contribution < 1.29 is 8.78 Å². The average molecular weight is 311 g/mol. The van der Waals surface area contributed by atoms with E-state index >= 15 is 0 Å². The summed E-state index contributed by atoms with van der Waals surface area (Å²) in [6, 6.07) is 4.42. The lowest BCUT2D eigenvalue weighted by Gasteiger charge is -2.09. The first-order chi connectivity index (χ1) is 9.94. The van der Waals surface area contributed by atoms with Crippen molar-refractivity contribution >= 4 is 23.4 Å². The fourth-order valence-electron chi connectivity index (χ4n) is 1.61. The number of halogens is 2. The minimum Gasteiger partial charge on any atom is -0.323 e. The molecule has 0 radical (unpaired) electrons. The highest BCUT2D eigenvalue weighted by atomic mass is 32.2. The van der Waals surface area contributed by atoms with Crippen molar-refractivity contribution in [2.24, 2.45) is 0 Å². The highest BCUT2D eigenvalue weighted by Gasteiger charge is 2.07. The summed E-state index contributed by atoms with van der Waals surface area (Å²) in [5.74, 6) is -0.540. The van der Waals surface area contributed by atoms with E-state index < -0.39 is 11.6 Å². The van der Waals surface area contributed by atoms with Crippen LogP contribution in [0.25, 0.3) is 0 Å². The lowest BCUT2D eigenvalue weighted by atomic mass is 10.3. The van der Waals surface area contributed by atoms with E-state index in [0.29, 0.717) is 16.7 Å². The number of thioether (sulfide) groups is 1. The second kappa shape index (κ2) is 6.71. The molecule has 1 heterocycles. The van der Waals surface area contributed by atoms with Crippen LogP contribution in [0.2, 0.25) is 0 Å². The zero-order valence-electron chi connectivity index (χ0n) is 11.6. The van der Waals surface area contributed by atoms with Gasteiger partial charge in [-0.15, -0.1) is 0 Å². The number of H-pyrrole nitrogens is 1. The maximum absolute atomic E-state index is 13.6. The van der Waals surface area contributed by atoms with Crippen molar-refractivity contribution in [3.63, 3.8) is 0 Å². The summed E-state index contributed by atoms with van der Waals surface area (Å²) in [4.78, 5) is 18.2. The Labute approximate surface area is 125 Å². The van der Waals surface area contributed by atoms with E-state index in [4.69, 9.17) is 0 Å². The van der Waals surface area contributed by atoms with Gasteiger partial charge in [-0.1, -0.05) is 13.8 Å². The quantitative estimate of drug-likeness (QED) is 0.888. The fraction of sp³-hybridized carbons (Fsp3) is 0.286. The molecular weight excluding hydrogens is 296 g/mol. The summed E-state index contributed by atoms with van der Waals surface area (Å²) in [5.41, 5.74) is 0.159. The first-order valence-electron chi connectivity index (χ1n) is 6.38. The zero-order valence-corrected chi connectivity index (χ0v) is 12.4. The van der Waals surface area contributed by atoms with Gasteiger partial charge in [0.15, 0.2) is 0 Å². The first-order valence-corrected chi connectivity index (χ1v) is 7.43. The second-order valence-electron chi connectivity index (χ2n) is 4.69. The molecule has 0 atom stereocenters. The predicted octanol–water partition coefficient (Wildman–Crippen LogP) is 3.43. The van der Waals surface area contributed by atoms with Crippen LogP contribution in [0.5, 0.6) is 0 Å². The molecule has 1 aromatic carbocycles. The Morgan fingerprint density at radius 1 is 1.33 bits per heavy atom. The standard InChI is InChI=1S/C14H15F2N3OS/c1-8(2)21-7-10-6-13(20)19-14(17-10)18-12-5-9(15)3-4-11(12)16/h3-6,8H,7H2,1-2H3,(H2,17,18,19,20). The molecule has 0 bridgehead atoms. The number of nitrogens with zero attached hydrogens (tertiary/aromatic N) is 1. The molecule has 2 rings (SSSR count). The molecule has 0 unspecified atom stereocenters. The molecule has 2 aromatic rings. The van der Waals surface area contributed by atoms with E-state index in [1.165, 1.54) is 6.07 Å². The van der Waals surface area contributed by atoms with Crippen LogP contribution >= 0.6 is 11.8 Å². The topological polar surface area (TPSA) is 57.8 Å². The summed E-state index contributed by atoms with van der Waals surface area (Å²) in [7, 11) is 0. The second-order valence-corrected chi connectivity index (χ2v) is 6.26. The van der Waals surface area contributed by atoms with Gasteiger partial charge in [-0.25, -0.2) is 13.8 Å². The number of hydrogen-bond acceptors (Lipinski definition) is 4. The van der Waals surface area contributed by atoms with Crippen molar-refractivity contribution in [3.8, 4) is 0 Å². The van der Waals surface area contributed by atoms with Crippen molar-refractivity contribution in [3.05, 3.63) is 51.9 Å². The third kappa shape index (κ3) is 4.56. The van der Waals surface area contributed by atoms with Crippen LogP contribution in [-0.2, 0) is 5.75 Å². The summed E-state index contributed by atoms with van der Waals surface area (Å²) in [6.45, 7) is 4.08. The number of benzene rings is 1. The van der Waals surface area contributed by atoms with Gasteiger partial charge in [-0.05, 0) is 17.4 Å². The van der Waals surface area contributed by atoms with Crippen LogP contribution in [-0.4, -0.2) is 15.2 Å². The number of anilines is 2. The Morgan fingerprint density at radius 2 is 2.10 bits per heavy atom. The van der Waals surface area contributed by atoms with Gasteiger partial charge in [0.05, 0.1) is 11.4 Å². The Balaban J connectivity index is 2.23. The third-order valence-corrected chi connectivity index (χ3v) is 3.67. The van der Waals surface area contributed by atoms with E-state index in [2.05, 4.69) is 15.3 Å². The molecule has 1 aromatic heterocycles. The molecule has 0 amide bonds. The Hall–Kier alpha value is -1.89. The Kier molecular flexibility index (Phi) is 4.95. The highest BCUT2D eigenvalue weighted by molar-refractivity contribution is 7.99. The van der Waals surface area contributed by atoms with Crippen LogP contribution < -0.4 is 10.9 Å². The van der Waals surface area contributed by atoms with Gasteiger partial charge in [0, 0.05) is 17.9 Å². The van der Waals surface area contributed by atoms with E-state index in [9.17, 15) is 13.6 Å². The summed E-state index contributed by atoms with van der Waals surface area (Å²) in [6.07, 6.45) is 0. The molecule has 21 heavy (non-hydrogen) atoms. The van der Waals surface area contributed by atoms with Crippen LogP contribution in [0, 0.1) is 11.6 Å². The minimum absolute atomic E-state index is 0.0770. The molecule has 0 saturated heterocycles. The van der Waals surface area contributed by atoms with Crippen LogP contribution in [0.15, 0.2) is 29.1 Å². The summed E-state index contributed by atoms with van der Waals surface area (Å²) in [5, 5.41) is 3.00. The van der Waals surface area contributed by atoms with Crippen LogP contribution in [0.1, 0.15) is 19.5 Å². The number of rotatable bonds is 5. The van der Waals surface area contributed by atoms with Crippen molar-refractivity contribution in [1.29, 1.82) is 0 Å². The predicted molar refractivity (Wildman–Crippen MR) is 80.9 cm³/mol. The number of hydrogen-bond donors (Lipinski definition) is 2. The molecule has 0 fully saturated rings. The van der Waals surface area contributed by atoms with Crippen molar-refractivity contribution in [1.82, 2.24) is 9.97 Å². The molecule has 0 aliphatic heterocycles. The monoisotopic (exact) mass is 311 g/mol. The van der Waals surface area contributed by atoms with Crippen LogP contribution in [0.3, 0.4) is 0 Å². The Bertz CT molecular complexity index is 688. The Morgan fingerprint density at radius 3 is 2.81 bits per heavy atom. The van der Waals surface area contributed by atoms with Gasteiger partial charge in [-0.3, -0.25) is 9.78 Å². The van der Waals surface area contributed by atoms with Crippen molar-refractivity contribution in [2.45, 2.75) is 24.9 Å². The van der Waals surface area contributed by atoms with Gasteiger partial charge in [-0.2, -0.15) is 11.8 Å². The zero-order chi connectivity index (χ0) is 15.4. The highest BCUT2D eigenvalue weighted by Crippen LogP contribution is 2.19. The molecule has 4 nitrogen and oxygen atoms in total. The van der Waals surface area contributed by atoms with Gasteiger partial charge < -0.3 is 5.32 Å². The first kappa shape index (κ1) is 15.5. The lowest BCUT2D eigenvalue weighted by molar-refractivity contribution is 0.603. The van der Waals surface area contributed by atoms with Gasteiger partial charge >= 0.3 is 0 Å². The van der Waals surface area contributed by atoms with Gasteiger partial charge in [0.25, 0.3) is 5.56 Å². The largest absolute Gasteiger partial charge is 0.323 e. The van der Waals surface area contributed by atoms with Gasteiger partial charge in [0.2, 0.25) is 5.95 Å².